The molecule has 1 heterocycles. The van der Waals surface area contributed by atoms with Gasteiger partial charge in [-0.05, 0) is 6.07 Å². The molecular weight excluding hydrogens is 192 g/mol. The Morgan fingerprint density at radius 1 is 1.71 bits per heavy atom. The fourth-order valence-corrected chi connectivity index (χ4v) is 1.08. The van der Waals surface area contributed by atoms with E-state index in [9.17, 15) is 13.6 Å². The Morgan fingerprint density at radius 2 is 2.36 bits per heavy atom. The number of carbonyl (C=O) groups is 1. The summed E-state index contributed by atoms with van der Waals surface area (Å²) in [6.07, 6.45) is -1.01. The number of anilines is 1. The van der Waals surface area contributed by atoms with E-state index in [1.54, 1.807) is 7.05 Å². The molecular formula is C8H11F2N3O. The topological polar surface area (TPSA) is 60.0 Å². The number of halogens is 2. The van der Waals surface area contributed by atoms with Crippen LogP contribution in [0.3, 0.4) is 0 Å². The van der Waals surface area contributed by atoms with Crippen molar-refractivity contribution in [3.05, 3.63) is 18.0 Å². The van der Waals surface area contributed by atoms with Crippen LogP contribution in [0.25, 0.3) is 0 Å². The molecule has 3 N–H and O–H groups in total. The summed E-state index contributed by atoms with van der Waals surface area (Å²) in [6, 6.07) is 1.43. The Bertz CT molecular complexity index is 335. The fraction of sp³-hybridized carbons (Fsp3) is 0.375. The molecule has 1 aromatic heterocycles. The summed E-state index contributed by atoms with van der Waals surface area (Å²) in [4.78, 5) is 11.3. The molecule has 1 aromatic rings. The third kappa shape index (κ3) is 2.45. The number of rotatable bonds is 3. The molecule has 0 fully saturated rings. The molecule has 0 spiro atoms. The first-order valence-corrected chi connectivity index (χ1v) is 3.99. The largest absolute Gasteiger partial charge is 0.397 e. The molecule has 6 heteroatoms. The van der Waals surface area contributed by atoms with Crippen LogP contribution in [-0.2, 0) is 7.05 Å². The third-order valence-electron chi connectivity index (χ3n) is 1.68. The summed E-state index contributed by atoms with van der Waals surface area (Å²) in [6.45, 7) is -0.649. The van der Waals surface area contributed by atoms with Crippen molar-refractivity contribution >= 4 is 11.6 Å². The minimum atomic E-state index is -2.54. The second-order valence-electron chi connectivity index (χ2n) is 2.87. The zero-order chi connectivity index (χ0) is 10.7. The van der Waals surface area contributed by atoms with Gasteiger partial charge in [0.05, 0.1) is 12.2 Å². The Hall–Kier alpha value is -1.59. The molecule has 0 aromatic carbocycles. The van der Waals surface area contributed by atoms with E-state index >= 15 is 0 Å². The van der Waals surface area contributed by atoms with Crippen LogP contribution in [0.1, 0.15) is 10.5 Å². The van der Waals surface area contributed by atoms with E-state index in [2.05, 4.69) is 5.32 Å². The Morgan fingerprint density at radius 3 is 2.79 bits per heavy atom. The molecule has 4 nitrogen and oxygen atoms in total. The van der Waals surface area contributed by atoms with Crippen LogP contribution in [-0.4, -0.2) is 23.4 Å². The predicted octanol–water partition coefficient (Wildman–Crippen LogP) is 0.602. The molecule has 78 valence electrons. The maximum absolute atomic E-state index is 11.8. The number of carbonyl (C=O) groups excluding carboxylic acids is 1. The van der Waals surface area contributed by atoms with E-state index in [4.69, 9.17) is 5.73 Å². The number of nitrogen functional groups attached to an aromatic ring is 1. The van der Waals surface area contributed by atoms with Crippen LogP contribution in [0.5, 0.6) is 0 Å². The van der Waals surface area contributed by atoms with Crippen LogP contribution in [0.15, 0.2) is 12.3 Å². The smallest absolute Gasteiger partial charge is 0.268 e. The van der Waals surface area contributed by atoms with Gasteiger partial charge in [-0.25, -0.2) is 8.78 Å². The van der Waals surface area contributed by atoms with Crippen molar-refractivity contribution in [3.8, 4) is 0 Å². The molecule has 0 saturated carbocycles. The summed E-state index contributed by atoms with van der Waals surface area (Å²) in [7, 11) is 1.62. The molecule has 1 amide bonds. The van der Waals surface area contributed by atoms with Gasteiger partial charge in [-0.3, -0.25) is 4.79 Å². The van der Waals surface area contributed by atoms with Crippen molar-refractivity contribution in [1.29, 1.82) is 0 Å². The zero-order valence-electron chi connectivity index (χ0n) is 7.63. The van der Waals surface area contributed by atoms with E-state index in [1.165, 1.54) is 16.8 Å². The minimum Gasteiger partial charge on any atom is -0.397 e. The first-order valence-electron chi connectivity index (χ1n) is 3.99. The van der Waals surface area contributed by atoms with Crippen molar-refractivity contribution in [2.75, 3.05) is 12.3 Å². The van der Waals surface area contributed by atoms with Gasteiger partial charge in [-0.1, -0.05) is 0 Å². The SMILES string of the molecule is Cn1cc(N)cc1C(=O)NCC(F)F. The van der Waals surface area contributed by atoms with Crippen LogP contribution < -0.4 is 11.1 Å². The Balaban J connectivity index is 2.65. The van der Waals surface area contributed by atoms with Crippen LogP contribution in [0.4, 0.5) is 14.5 Å². The number of alkyl halides is 2. The molecule has 0 aliphatic heterocycles. The van der Waals surface area contributed by atoms with Gasteiger partial charge < -0.3 is 15.6 Å². The number of nitrogens with one attached hydrogen (secondary N) is 1. The van der Waals surface area contributed by atoms with Crippen molar-refractivity contribution in [3.63, 3.8) is 0 Å². The second-order valence-corrected chi connectivity index (χ2v) is 2.87. The molecule has 14 heavy (non-hydrogen) atoms. The lowest BCUT2D eigenvalue weighted by atomic mass is 10.4. The first kappa shape index (κ1) is 10.5. The minimum absolute atomic E-state index is 0.267. The molecule has 0 aliphatic carbocycles. The van der Waals surface area contributed by atoms with Gasteiger partial charge >= 0.3 is 0 Å². The number of aromatic nitrogens is 1. The Kier molecular flexibility index (Phi) is 3.06. The standard InChI is InChI=1S/C8H11F2N3O/c1-13-4-5(11)2-6(13)8(14)12-3-7(9)10/h2,4,7H,3,11H2,1H3,(H,12,14). The highest BCUT2D eigenvalue weighted by molar-refractivity contribution is 5.93. The van der Waals surface area contributed by atoms with E-state index in [-0.39, 0.29) is 5.69 Å². The maximum Gasteiger partial charge on any atom is 0.268 e. The lowest BCUT2D eigenvalue weighted by Gasteiger charge is -2.04. The highest BCUT2D eigenvalue weighted by Gasteiger charge is 2.12. The molecule has 0 radical (unpaired) electrons. The monoisotopic (exact) mass is 203 g/mol. The summed E-state index contributed by atoms with van der Waals surface area (Å²) < 4.78 is 25.0. The maximum atomic E-state index is 11.8. The average molecular weight is 203 g/mol. The highest BCUT2D eigenvalue weighted by atomic mass is 19.3. The molecule has 0 bridgehead atoms. The highest BCUT2D eigenvalue weighted by Crippen LogP contribution is 2.08. The average Bonchev–Trinajstić information content (AvgIpc) is 2.41. The van der Waals surface area contributed by atoms with Gasteiger partial charge in [0, 0.05) is 13.2 Å². The van der Waals surface area contributed by atoms with Crippen molar-refractivity contribution in [2.45, 2.75) is 6.43 Å². The molecule has 1 rings (SSSR count). The zero-order valence-corrected chi connectivity index (χ0v) is 7.63. The van der Waals surface area contributed by atoms with Crippen LogP contribution in [0.2, 0.25) is 0 Å². The van der Waals surface area contributed by atoms with E-state index < -0.39 is 18.9 Å². The number of hydrogen-bond donors (Lipinski definition) is 2. The number of amides is 1. The first-order chi connectivity index (χ1) is 6.50. The van der Waals surface area contributed by atoms with Crippen LogP contribution in [0, 0.1) is 0 Å². The van der Waals surface area contributed by atoms with Crippen molar-refractivity contribution in [2.24, 2.45) is 7.05 Å². The molecule has 0 atom stereocenters. The number of hydrogen-bond acceptors (Lipinski definition) is 2. The second kappa shape index (κ2) is 4.08. The summed E-state index contributed by atoms with van der Waals surface area (Å²) in [5.74, 6) is -0.551. The summed E-state index contributed by atoms with van der Waals surface area (Å²) in [5, 5.41) is 2.09. The van der Waals surface area contributed by atoms with E-state index in [1.807, 2.05) is 0 Å². The molecule has 0 aliphatic rings. The molecule has 0 unspecified atom stereocenters. The van der Waals surface area contributed by atoms with E-state index in [0.717, 1.165) is 0 Å². The quantitative estimate of drug-likeness (QED) is 0.755. The van der Waals surface area contributed by atoms with Gasteiger partial charge in [0.15, 0.2) is 0 Å². The third-order valence-corrected chi connectivity index (χ3v) is 1.68. The van der Waals surface area contributed by atoms with Gasteiger partial charge in [0.25, 0.3) is 12.3 Å². The number of aryl methyl sites for hydroxylation is 1. The number of nitrogens with zero attached hydrogens (tertiary/aromatic N) is 1. The van der Waals surface area contributed by atoms with Gasteiger partial charge in [-0.15, -0.1) is 0 Å². The lowest BCUT2D eigenvalue weighted by Crippen LogP contribution is -2.29. The van der Waals surface area contributed by atoms with E-state index in [0.29, 0.717) is 5.69 Å². The lowest BCUT2D eigenvalue weighted by molar-refractivity contribution is 0.0884. The van der Waals surface area contributed by atoms with Gasteiger partial charge in [0.1, 0.15) is 5.69 Å². The van der Waals surface area contributed by atoms with Gasteiger partial charge in [0.2, 0.25) is 0 Å². The fourth-order valence-electron chi connectivity index (χ4n) is 1.08. The van der Waals surface area contributed by atoms with Crippen molar-refractivity contribution in [1.82, 2.24) is 9.88 Å². The summed E-state index contributed by atoms with van der Waals surface area (Å²) in [5.41, 5.74) is 6.12. The normalized spacial score (nSPS) is 10.6. The van der Waals surface area contributed by atoms with Crippen LogP contribution >= 0.6 is 0 Å². The predicted molar refractivity (Wildman–Crippen MR) is 48.2 cm³/mol. The van der Waals surface area contributed by atoms with Crippen molar-refractivity contribution < 1.29 is 13.6 Å². The Labute approximate surface area is 79.7 Å². The summed E-state index contributed by atoms with van der Waals surface area (Å²) >= 11 is 0. The van der Waals surface area contributed by atoms with Gasteiger partial charge in [-0.2, -0.15) is 0 Å². The molecule has 0 saturated heterocycles. The number of nitrogens with two attached hydrogens (primary N) is 1.